The maximum absolute atomic E-state index is 12.2. The molecule has 0 atom stereocenters. The molecule has 1 aliphatic heterocycles. The zero-order valence-corrected chi connectivity index (χ0v) is 13.7. The zero-order chi connectivity index (χ0) is 17.6. The Morgan fingerprint density at radius 1 is 1.24 bits per heavy atom. The van der Waals surface area contributed by atoms with Crippen LogP contribution < -0.4 is 24.8 Å². The highest BCUT2D eigenvalue weighted by atomic mass is 16.5. The van der Waals surface area contributed by atoms with Crippen molar-refractivity contribution < 1.29 is 23.8 Å². The van der Waals surface area contributed by atoms with Crippen LogP contribution in [0.5, 0.6) is 17.2 Å². The fourth-order valence-corrected chi connectivity index (χ4v) is 2.34. The third kappa shape index (κ3) is 4.20. The van der Waals surface area contributed by atoms with Crippen LogP contribution in [0.15, 0.2) is 42.5 Å². The molecule has 130 valence electrons. The maximum atomic E-state index is 12.2. The van der Waals surface area contributed by atoms with E-state index in [-0.39, 0.29) is 18.4 Å². The average Bonchev–Trinajstić information content (AvgIpc) is 2.64. The Hall–Kier alpha value is -3.22. The quantitative estimate of drug-likeness (QED) is 0.783. The molecular weight excluding hydrogens is 324 g/mol. The third-order valence-electron chi connectivity index (χ3n) is 3.57. The van der Waals surface area contributed by atoms with Gasteiger partial charge in [-0.15, -0.1) is 0 Å². The first-order valence-electron chi connectivity index (χ1n) is 7.77. The summed E-state index contributed by atoms with van der Waals surface area (Å²) in [6, 6.07) is 12.1. The zero-order valence-electron chi connectivity index (χ0n) is 13.7. The molecule has 2 N–H and O–H groups in total. The van der Waals surface area contributed by atoms with Crippen molar-refractivity contribution in [2.24, 2.45) is 0 Å². The molecule has 7 heteroatoms. The summed E-state index contributed by atoms with van der Waals surface area (Å²) in [5.41, 5.74) is 1.02. The molecule has 0 spiro atoms. The van der Waals surface area contributed by atoms with Crippen molar-refractivity contribution in [1.82, 2.24) is 5.32 Å². The van der Waals surface area contributed by atoms with Gasteiger partial charge in [-0.3, -0.25) is 9.59 Å². The van der Waals surface area contributed by atoms with Crippen LogP contribution in [0.4, 0.5) is 5.69 Å². The summed E-state index contributed by atoms with van der Waals surface area (Å²) in [6.07, 6.45) is 0. The van der Waals surface area contributed by atoms with Crippen LogP contribution in [0, 0.1) is 0 Å². The van der Waals surface area contributed by atoms with Crippen molar-refractivity contribution in [3.8, 4) is 17.2 Å². The number of nitrogens with one attached hydrogen (secondary N) is 2. The van der Waals surface area contributed by atoms with Crippen molar-refractivity contribution in [3.05, 3.63) is 48.0 Å². The van der Waals surface area contributed by atoms with Gasteiger partial charge in [-0.1, -0.05) is 6.07 Å². The van der Waals surface area contributed by atoms with Crippen LogP contribution in [-0.2, 0) is 4.79 Å². The van der Waals surface area contributed by atoms with E-state index >= 15 is 0 Å². The Balaban J connectivity index is 1.50. The lowest BCUT2D eigenvalue weighted by Gasteiger charge is -2.18. The second-order valence-electron chi connectivity index (χ2n) is 5.33. The van der Waals surface area contributed by atoms with Crippen molar-refractivity contribution >= 4 is 17.5 Å². The highest BCUT2D eigenvalue weighted by Crippen LogP contribution is 2.28. The number of carbonyl (C=O) groups is 2. The number of hydrogen-bond acceptors (Lipinski definition) is 5. The Kier molecular flexibility index (Phi) is 5.03. The van der Waals surface area contributed by atoms with E-state index in [0.717, 1.165) is 0 Å². The molecule has 0 unspecified atom stereocenters. The Morgan fingerprint density at radius 3 is 2.92 bits per heavy atom. The van der Waals surface area contributed by atoms with Gasteiger partial charge in [0.1, 0.15) is 23.9 Å². The molecular formula is C18H18N2O5. The minimum atomic E-state index is -0.238. The van der Waals surface area contributed by atoms with E-state index in [1.807, 2.05) is 18.2 Å². The van der Waals surface area contributed by atoms with Crippen LogP contribution in [0.2, 0.25) is 0 Å². The van der Waals surface area contributed by atoms with Crippen molar-refractivity contribution in [1.29, 1.82) is 0 Å². The van der Waals surface area contributed by atoms with Crippen molar-refractivity contribution in [3.63, 3.8) is 0 Å². The molecule has 0 fully saturated rings. The summed E-state index contributed by atoms with van der Waals surface area (Å²) < 4.78 is 16.0. The van der Waals surface area contributed by atoms with Gasteiger partial charge in [0.2, 0.25) is 0 Å². The molecule has 0 saturated heterocycles. The lowest BCUT2D eigenvalue weighted by Crippen LogP contribution is -2.29. The Labute approximate surface area is 144 Å². The number of carbonyl (C=O) groups excluding carboxylic acids is 2. The molecule has 2 aromatic rings. The number of methoxy groups -OCH3 is 1. The number of ether oxygens (including phenoxy) is 3. The van der Waals surface area contributed by atoms with Crippen molar-refractivity contribution in [2.75, 3.05) is 32.2 Å². The average molecular weight is 342 g/mol. The highest BCUT2D eigenvalue weighted by molar-refractivity contribution is 5.98. The standard InChI is InChI=1S/C18H18N2O5/c1-23-13-3-2-4-14(10-13)24-8-7-19-18(22)12-5-6-15-16(9-12)25-11-17(21)20-15/h2-6,9-10H,7-8,11H2,1H3,(H,19,22)(H,20,21). The molecule has 0 aliphatic carbocycles. The van der Waals surface area contributed by atoms with Gasteiger partial charge in [-0.2, -0.15) is 0 Å². The SMILES string of the molecule is COc1cccc(OCCNC(=O)c2ccc3c(c2)OCC(=O)N3)c1. The van der Waals surface area contributed by atoms with Crippen LogP contribution in [-0.4, -0.2) is 38.7 Å². The van der Waals surface area contributed by atoms with Crippen LogP contribution in [0.1, 0.15) is 10.4 Å². The molecule has 1 aliphatic rings. The first-order valence-corrected chi connectivity index (χ1v) is 7.77. The molecule has 25 heavy (non-hydrogen) atoms. The van der Waals surface area contributed by atoms with Gasteiger partial charge in [0.25, 0.3) is 11.8 Å². The summed E-state index contributed by atoms with van der Waals surface area (Å²) >= 11 is 0. The first kappa shape index (κ1) is 16.6. The largest absolute Gasteiger partial charge is 0.497 e. The van der Waals surface area contributed by atoms with Gasteiger partial charge in [0, 0.05) is 11.6 Å². The predicted molar refractivity (Wildman–Crippen MR) is 91.4 cm³/mol. The number of fused-ring (bicyclic) bond motifs is 1. The van der Waals surface area contributed by atoms with E-state index in [2.05, 4.69) is 10.6 Å². The molecule has 0 saturated carbocycles. The number of amides is 2. The smallest absolute Gasteiger partial charge is 0.262 e. The van der Waals surface area contributed by atoms with Crippen LogP contribution >= 0.6 is 0 Å². The van der Waals surface area contributed by atoms with Crippen LogP contribution in [0.3, 0.4) is 0 Å². The minimum Gasteiger partial charge on any atom is -0.497 e. The second kappa shape index (κ2) is 7.57. The van der Waals surface area contributed by atoms with Gasteiger partial charge in [0.15, 0.2) is 6.61 Å². The van der Waals surface area contributed by atoms with Gasteiger partial charge in [0.05, 0.1) is 19.3 Å². The summed E-state index contributed by atoms with van der Waals surface area (Å²) in [5, 5.41) is 5.46. The molecule has 0 radical (unpaired) electrons. The minimum absolute atomic E-state index is 0.0492. The number of rotatable bonds is 6. The summed E-state index contributed by atoms with van der Waals surface area (Å²) in [6.45, 7) is 0.633. The highest BCUT2D eigenvalue weighted by Gasteiger charge is 2.17. The number of anilines is 1. The normalized spacial score (nSPS) is 12.4. The van der Waals surface area contributed by atoms with E-state index < -0.39 is 0 Å². The lowest BCUT2D eigenvalue weighted by atomic mass is 10.1. The second-order valence-corrected chi connectivity index (χ2v) is 5.33. The molecule has 0 aromatic heterocycles. The molecule has 0 bridgehead atoms. The summed E-state index contributed by atoms with van der Waals surface area (Å²) in [5.74, 6) is 1.42. The van der Waals surface area contributed by atoms with E-state index in [1.165, 1.54) is 0 Å². The van der Waals surface area contributed by atoms with Crippen molar-refractivity contribution in [2.45, 2.75) is 0 Å². The van der Waals surface area contributed by atoms with E-state index in [4.69, 9.17) is 14.2 Å². The third-order valence-corrected chi connectivity index (χ3v) is 3.57. The number of benzene rings is 2. The Bertz CT molecular complexity index is 791. The fourth-order valence-electron chi connectivity index (χ4n) is 2.34. The van der Waals surface area contributed by atoms with E-state index in [0.29, 0.717) is 41.7 Å². The summed E-state index contributed by atoms with van der Waals surface area (Å²) in [7, 11) is 1.59. The lowest BCUT2D eigenvalue weighted by molar-refractivity contribution is -0.118. The Morgan fingerprint density at radius 2 is 2.08 bits per heavy atom. The molecule has 1 heterocycles. The first-order chi connectivity index (χ1) is 12.2. The molecule has 3 rings (SSSR count). The molecule has 2 aromatic carbocycles. The fraction of sp³-hybridized carbons (Fsp3) is 0.222. The molecule has 7 nitrogen and oxygen atoms in total. The monoisotopic (exact) mass is 342 g/mol. The number of hydrogen-bond donors (Lipinski definition) is 2. The van der Waals surface area contributed by atoms with Gasteiger partial charge in [-0.05, 0) is 30.3 Å². The topological polar surface area (TPSA) is 85.9 Å². The van der Waals surface area contributed by atoms with Crippen LogP contribution in [0.25, 0.3) is 0 Å². The van der Waals surface area contributed by atoms with E-state index in [9.17, 15) is 9.59 Å². The van der Waals surface area contributed by atoms with Gasteiger partial charge in [-0.25, -0.2) is 0 Å². The van der Waals surface area contributed by atoms with E-state index in [1.54, 1.807) is 31.4 Å². The van der Waals surface area contributed by atoms with Gasteiger partial charge >= 0.3 is 0 Å². The molecule has 2 amide bonds. The predicted octanol–water partition coefficient (Wildman–Crippen LogP) is 1.83. The van der Waals surface area contributed by atoms with Gasteiger partial charge < -0.3 is 24.8 Å². The summed E-state index contributed by atoms with van der Waals surface area (Å²) in [4.78, 5) is 23.4. The maximum Gasteiger partial charge on any atom is 0.262 e.